The predicted molar refractivity (Wildman–Crippen MR) is 95.2 cm³/mol. The lowest BCUT2D eigenvalue weighted by Crippen LogP contribution is -2.10. The van der Waals surface area contributed by atoms with Gasteiger partial charge in [0.05, 0.1) is 17.6 Å². The fourth-order valence-corrected chi connectivity index (χ4v) is 2.98. The number of aliphatic hydroxyl groups excluding tert-OH is 1. The molecule has 1 heterocycles. The Morgan fingerprint density at radius 2 is 2.08 bits per heavy atom. The number of unbranched alkanes of at least 4 members (excludes halogenated alkanes) is 1. The molecule has 4 heteroatoms. The first kappa shape index (κ1) is 16.8. The summed E-state index contributed by atoms with van der Waals surface area (Å²) >= 11 is 0. The molecule has 3 rings (SSSR count). The summed E-state index contributed by atoms with van der Waals surface area (Å²) in [6.45, 7) is 8.45. The molecule has 24 heavy (non-hydrogen) atoms. The number of hydrogen-bond donors (Lipinski definition) is 1. The number of rotatable bonds is 7. The predicted octanol–water partition coefficient (Wildman–Crippen LogP) is 4.05. The highest BCUT2D eigenvalue weighted by Gasteiger charge is 2.30. The second kappa shape index (κ2) is 6.81. The van der Waals surface area contributed by atoms with Gasteiger partial charge < -0.3 is 14.3 Å². The topological polar surface area (TPSA) is 59.7 Å². The first-order valence-corrected chi connectivity index (χ1v) is 8.53. The highest BCUT2D eigenvalue weighted by molar-refractivity contribution is 5.88. The summed E-state index contributed by atoms with van der Waals surface area (Å²) in [6, 6.07) is 3.82. The van der Waals surface area contributed by atoms with Gasteiger partial charge in [0.25, 0.3) is 0 Å². The smallest absolute Gasteiger partial charge is 0.195 e. The fraction of sp³-hybridized carbons (Fsp3) is 0.450. The summed E-state index contributed by atoms with van der Waals surface area (Å²) in [5.41, 5.74) is 3.05. The summed E-state index contributed by atoms with van der Waals surface area (Å²) in [7, 11) is 0. The lowest BCUT2D eigenvalue weighted by molar-refractivity contribution is 0.235. The number of aryl methyl sites for hydroxylation is 1. The molecule has 0 saturated heterocycles. The molecule has 2 aromatic rings. The van der Waals surface area contributed by atoms with Gasteiger partial charge in [-0.05, 0) is 57.2 Å². The minimum Gasteiger partial charge on any atom is -0.493 e. The lowest BCUT2D eigenvalue weighted by atomic mass is 10.0. The quantitative estimate of drug-likeness (QED) is 0.615. The highest BCUT2D eigenvalue weighted by atomic mass is 16.5. The lowest BCUT2D eigenvalue weighted by Gasteiger charge is -2.14. The van der Waals surface area contributed by atoms with Crippen molar-refractivity contribution in [2.75, 3.05) is 13.2 Å². The van der Waals surface area contributed by atoms with Crippen LogP contribution in [0.25, 0.3) is 16.7 Å². The average molecular weight is 328 g/mol. The molecule has 4 nitrogen and oxygen atoms in total. The van der Waals surface area contributed by atoms with Gasteiger partial charge in [-0.2, -0.15) is 0 Å². The Bertz CT molecular complexity index is 828. The van der Waals surface area contributed by atoms with Crippen molar-refractivity contribution in [3.63, 3.8) is 0 Å². The minimum atomic E-state index is 0.0381. The van der Waals surface area contributed by atoms with Crippen molar-refractivity contribution in [2.45, 2.75) is 45.4 Å². The molecule has 0 spiro atoms. The van der Waals surface area contributed by atoms with Gasteiger partial charge in [0.2, 0.25) is 0 Å². The van der Waals surface area contributed by atoms with Crippen molar-refractivity contribution < 1.29 is 14.3 Å². The van der Waals surface area contributed by atoms with Crippen LogP contribution in [-0.2, 0) is 4.74 Å². The third-order valence-corrected chi connectivity index (χ3v) is 4.48. The maximum absolute atomic E-state index is 12.7. The van der Waals surface area contributed by atoms with Gasteiger partial charge in [0.1, 0.15) is 17.1 Å². The molecule has 1 aliphatic rings. The van der Waals surface area contributed by atoms with Gasteiger partial charge in [-0.15, -0.1) is 0 Å². The third kappa shape index (κ3) is 3.24. The van der Waals surface area contributed by atoms with Gasteiger partial charge in [0.15, 0.2) is 5.43 Å². The van der Waals surface area contributed by atoms with Crippen LogP contribution in [0, 0.1) is 13.8 Å². The normalized spacial score (nSPS) is 14.1. The maximum Gasteiger partial charge on any atom is 0.195 e. The molecule has 1 N–H and O–H groups in total. The first-order valence-electron chi connectivity index (χ1n) is 8.53. The van der Waals surface area contributed by atoms with Crippen LogP contribution < -0.4 is 5.43 Å². The second-order valence-electron chi connectivity index (χ2n) is 6.59. The van der Waals surface area contributed by atoms with Gasteiger partial charge in [-0.25, -0.2) is 0 Å². The van der Waals surface area contributed by atoms with E-state index in [1.165, 1.54) is 0 Å². The molecular weight excluding hydrogens is 304 g/mol. The van der Waals surface area contributed by atoms with Crippen molar-refractivity contribution in [3.8, 4) is 0 Å². The van der Waals surface area contributed by atoms with Crippen LogP contribution in [0.15, 0.2) is 27.9 Å². The Labute approximate surface area is 141 Å². The van der Waals surface area contributed by atoms with Crippen LogP contribution in [-0.4, -0.2) is 18.3 Å². The SMILES string of the molecule is C=C(OCCCCO)c1cc(C)cc2c(=O)c(C)c(C3CC3)oc12. The number of benzene rings is 1. The largest absolute Gasteiger partial charge is 0.493 e. The summed E-state index contributed by atoms with van der Waals surface area (Å²) in [4.78, 5) is 12.7. The van der Waals surface area contributed by atoms with Crippen LogP contribution in [0.1, 0.15) is 54.1 Å². The number of ether oxygens (including phenoxy) is 1. The van der Waals surface area contributed by atoms with E-state index in [9.17, 15) is 4.79 Å². The molecule has 0 bridgehead atoms. The molecule has 128 valence electrons. The van der Waals surface area contributed by atoms with Gasteiger partial charge in [0, 0.05) is 18.1 Å². The van der Waals surface area contributed by atoms with E-state index in [-0.39, 0.29) is 12.0 Å². The zero-order valence-electron chi connectivity index (χ0n) is 14.4. The molecule has 1 aliphatic carbocycles. The van der Waals surface area contributed by atoms with E-state index in [1.807, 2.05) is 26.0 Å². The van der Waals surface area contributed by atoms with Crippen molar-refractivity contribution in [1.29, 1.82) is 0 Å². The van der Waals surface area contributed by atoms with Gasteiger partial charge in [-0.1, -0.05) is 6.58 Å². The number of hydrogen-bond acceptors (Lipinski definition) is 4. The van der Waals surface area contributed by atoms with E-state index in [0.29, 0.717) is 35.7 Å². The molecule has 0 aliphatic heterocycles. The first-order chi connectivity index (χ1) is 11.5. The number of aliphatic hydroxyl groups is 1. The molecule has 0 unspecified atom stereocenters. The van der Waals surface area contributed by atoms with Crippen LogP contribution >= 0.6 is 0 Å². The number of fused-ring (bicyclic) bond motifs is 1. The van der Waals surface area contributed by atoms with Crippen LogP contribution in [0.2, 0.25) is 0 Å². The molecule has 1 fully saturated rings. The summed E-state index contributed by atoms with van der Waals surface area (Å²) < 4.78 is 11.9. The standard InChI is InChI=1S/C20H24O4/c1-12-10-16(14(3)23-9-5-4-8-21)20-17(11-12)18(22)13(2)19(24-20)15-6-7-15/h10-11,15,21H,3-9H2,1-2H3. The Hall–Kier alpha value is -2.07. The molecule has 0 amide bonds. The molecule has 0 radical (unpaired) electrons. The van der Waals surface area contributed by atoms with E-state index in [2.05, 4.69) is 6.58 Å². The van der Waals surface area contributed by atoms with E-state index in [0.717, 1.165) is 41.7 Å². The van der Waals surface area contributed by atoms with E-state index < -0.39 is 0 Å². The maximum atomic E-state index is 12.7. The van der Waals surface area contributed by atoms with Crippen molar-refractivity contribution in [1.82, 2.24) is 0 Å². The Morgan fingerprint density at radius 3 is 2.75 bits per heavy atom. The monoisotopic (exact) mass is 328 g/mol. The zero-order chi connectivity index (χ0) is 17.3. The summed E-state index contributed by atoms with van der Waals surface area (Å²) in [6.07, 6.45) is 3.61. The van der Waals surface area contributed by atoms with Crippen LogP contribution in [0.5, 0.6) is 0 Å². The van der Waals surface area contributed by atoms with Crippen LogP contribution in [0.4, 0.5) is 0 Å². The zero-order valence-corrected chi connectivity index (χ0v) is 14.4. The Kier molecular flexibility index (Phi) is 4.76. The fourth-order valence-electron chi connectivity index (χ4n) is 2.98. The highest BCUT2D eigenvalue weighted by Crippen LogP contribution is 2.42. The summed E-state index contributed by atoms with van der Waals surface area (Å²) in [5, 5.41) is 9.43. The molecule has 1 aromatic carbocycles. The molecule has 1 saturated carbocycles. The van der Waals surface area contributed by atoms with E-state index in [4.69, 9.17) is 14.3 Å². The Morgan fingerprint density at radius 1 is 1.33 bits per heavy atom. The van der Waals surface area contributed by atoms with Crippen molar-refractivity contribution in [2.24, 2.45) is 0 Å². The van der Waals surface area contributed by atoms with Gasteiger partial charge >= 0.3 is 0 Å². The second-order valence-corrected chi connectivity index (χ2v) is 6.59. The van der Waals surface area contributed by atoms with Crippen molar-refractivity contribution in [3.05, 3.63) is 51.4 Å². The molecule has 1 aromatic heterocycles. The van der Waals surface area contributed by atoms with E-state index in [1.54, 1.807) is 0 Å². The molecule has 0 atom stereocenters. The van der Waals surface area contributed by atoms with Crippen LogP contribution in [0.3, 0.4) is 0 Å². The summed E-state index contributed by atoms with van der Waals surface area (Å²) in [5.74, 6) is 1.69. The van der Waals surface area contributed by atoms with Crippen molar-refractivity contribution >= 4 is 16.7 Å². The van der Waals surface area contributed by atoms with E-state index >= 15 is 0 Å². The third-order valence-electron chi connectivity index (χ3n) is 4.48. The Balaban J connectivity index is 2.03. The molecular formula is C20H24O4. The van der Waals surface area contributed by atoms with Gasteiger partial charge in [-0.3, -0.25) is 4.79 Å². The average Bonchev–Trinajstić information content (AvgIpc) is 3.39. The minimum absolute atomic E-state index is 0.0381.